The van der Waals surface area contributed by atoms with Gasteiger partial charge in [-0.15, -0.1) is 0 Å². The quantitative estimate of drug-likeness (QED) is 0.542. The van der Waals surface area contributed by atoms with Crippen molar-refractivity contribution in [2.45, 2.75) is 13.8 Å². The summed E-state index contributed by atoms with van der Waals surface area (Å²) in [5.74, 6) is 0. The van der Waals surface area contributed by atoms with Crippen molar-refractivity contribution in [1.29, 1.82) is 0 Å². The molecular weight excluding hydrogens is 210 g/mol. The van der Waals surface area contributed by atoms with Crippen LogP contribution in [0.5, 0.6) is 0 Å². The van der Waals surface area contributed by atoms with Crippen LogP contribution < -0.4 is 10.6 Å². The summed E-state index contributed by atoms with van der Waals surface area (Å²) in [5, 5.41) is 2.83. The molecule has 0 heterocycles. The van der Waals surface area contributed by atoms with E-state index in [1.807, 2.05) is 0 Å². The van der Waals surface area contributed by atoms with Crippen molar-refractivity contribution in [2.24, 2.45) is 0 Å². The van der Waals surface area contributed by atoms with E-state index in [9.17, 15) is 0 Å². The predicted octanol–water partition coefficient (Wildman–Crippen LogP) is 1.75. The van der Waals surface area contributed by atoms with Crippen LogP contribution in [0.15, 0.2) is 48.5 Å². The molecule has 0 aromatic heterocycles. The van der Waals surface area contributed by atoms with E-state index in [2.05, 4.69) is 62.4 Å². The van der Waals surface area contributed by atoms with Gasteiger partial charge in [0.25, 0.3) is 0 Å². The van der Waals surface area contributed by atoms with Crippen LogP contribution in [0.4, 0.5) is 0 Å². The topological polar surface area (TPSA) is 0 Å². The number of hydrogen-bond acceptors (Lipinski definition) is 0. The molecule has 2 heteroatoms. The molecule has 82 valence electrons. The first-order valence-electron chi connectivity index (χ1n) is 5.14. The molecule has 0 atom stereocenters. The Balaban J connectivity index is 0.00000128. The highest BCUT2D eigenvalue weighted by Gasteiger charge is 1.96. The number of aryl methyl sites for hydroxylation is 2. The summed E-state index contributed by atoms with van der Waals surface area (Å²) in [6.07, 6.45) is 0. The third-order valence-electron chi connectivity index (χ3n) is 2.32. The zero-order valence-corrected chi connectivity index (χ0v) is 10.1. The minimum Gasteiger partial charge on any atom is -0.0614 e. The molecule has 0 radical (unpaired) electrons. The van der Waals surface area contributed by atoms with Crippen molar-refractivity contribution in [3.05, 3.63) is 59.7 Å². The minimum atomic E-state index is 0. The van der Waals surface area contributed by atoms with Crippen LogP contribution in [0.25, 0.3) is 0 Å². The molecule has 0 nitrogen and oxygen atoms in total. The average Bonchev–Trinajstić information content (AvgIpc) is 2.17. The summed E-state index contributed by atoms with van der Waals surface area (Å²) in [6, 6.07) is 17.5. The van der Waals surface area contributed by atoms with Crippen LogP contribution in [-0.4, -0.2) is 8.41 Å². The lowest BCUT2D eigenvalue weighted by Crippen LogP contribution is -2.03. The number of benzene rings is 2. The Morgan fingerprint density at radius 3 is 1.56 bits per heavy atom. The van der Waals surface area contributed by atoms with Gasteiger partial charge in [-0.05, 0) is 24.5 Å². The van der Waals surface area contributed by atoms with Gasteiger partial charge in [0.05, 0.1) is 8.41 Å². The molecular formula is C14H18BP. The molecule has 0 aliphatic carbocycles. The number of hydrogen-bond donors (Lipinski definition) is 0. The molecule has 0 fully saturated rings. The first-order valence-corrected chi connectivity index (χ1v) is 6.14. The molecule has 0 saturated heterocycles. The largest absolute Gasteiger partial charge is 0.0814 e. The highest BCUT2D eigenvalue weighted by atomic mass is 31.1. The smallest absolute Gasteiger partial charge is 0.0614 e. The number of rotatable bonds is 2. The molecule has 0 aliphatic rings. The Hall–Kier alpha value is -1.07. The molecule has 0 bridgehead atoms. The SMILES string of the molecule is B.Cc1cccc(Pc2cccc(C)c2)c1. The van der Waals surface area contributed by atoms with Gasteiger partial charge in [0.15, 0.2) is 0 Å². The first-order chi connectivity index (χ1) is 7.24. The average molecular weight is 228 g/mol. The van der Waals surface area contributed by atoms with Gasteiger partial charge in [0.2, 0.25) is 0 Å². The molecule has 0 saturated carbocycles. The Kier molecular flexibility index (Phi) is 4.77. The maximum Gasteiger partial charge on any atom is 0.0814 e. The van der Waals surface area contributed by atoms with Gasteiger partial charge in [-0.1, -0.05) is 68.2 Å². The summed E-state index contributed by atoms with van der Waals surface area (Å²) >= 11 is 0. The summed E-state index contributed by atoms with van der Waals surface area (Å²) in [7, 11) is 0.770. The van der Waals surface area contributed by atoms with Gasteiger partial charge in [-0.25, -0.2) is 0 Å². The Morgan fingerprint density at radius 1 is 0.750 bits per heavy atom. The summed E-state index contributed by atoms with van der Waals surface area (Å²) in [4.78, 5) is 0. The van der Waals surface area contributed by atoms with Gasteiger partial charge in [-0.3, -0.25) is 0 Å². The maximum atomic E-state index is 2.26. The lowest BCUT2D eigenvalue weighted by atomic mass is 10.2. The normalized spacial score (nSPS) is 9.62. The molecule has 2 rings (SSSR count). The lowest BCUT2D eigenvalue weighted by molar-refractivity contribution is 1.49. The van der Waals surface area contributed by atoms with E-state index < -0.39 is 0 Å². The highest BCUT2D eigenvalue weighted by Crippen LogP contribution is 2.12. The van der Waals surface area contributed by atoms with Crippen molar-refractivity contribution < 1.29 is 0 Å². The zero-order valence-electron chi connectivity index (χ0n) is 9.12. The maximum absolute atomic E-state index is 2.26. The van der Waals surface area contributed by atoms with E-state index in [0.717, 1.165) is 8.58 Å². The van der Waals surface area contributed by atoms with Crippen molar-refractivity contribution in [1.82, 2.24) is 0 Å². The second kappa shape index (κ2) is 5.87. The molecule has 2 aromatic rings. The monoisotopic (exact) mass is 228 g/mol. The molecule has 0 amide bonds. The molecule has 0 unspecified atom stereocenters. The van der Waals surface area contributed by atoms with Gasteiger partial charge < -0.3 is 0 Å². The van der Waals surface area contributed by atoms with Crippen LogP contribution in [0.2, 0.25) is 0 Å². The van der Waals surface area contributed by atoms with Crippen LogP contribution in [0, 0.1) is 13.8 Å². The molecule has 0 aliphatic heterocycles. The second-order valence-electron chi connectivity index (χ2n) is 3.86. The fraction of sp³-hybridized carbons (Fsp3) is 0.143. The van der Waals surface area contributed by atoms with Crippen LogP contribution in [0.1, 0.15) is 11.1 Å². The van der Waals surface area contributed by atoms with Crippen LogP contribution in [-0.2, 0) is 0 Å². The standard InChI is InChI=1S/C14H15P.BH3/c1-11-5-3-7-13(9-11)15-14-8-4-6-12(2)10-14;/h3-10,15H,1-2H3;1H3. The fourth-order valence-corrected chi connectivity index (χ4v) is 2.90. The van der Waals surface area contributed by atoms with Crippen molar-refractivity contribution in [3.8, 4) is 0 Å². The first kappa shape index (κ1) is 13.0. The van der Waals surface area contributed by atoms with Gasteiger partial charge >= 0.3 is 0 Å². The fourth-order valence-electron chi connectivity index (χ4n) is 1.61. The summed E-state index contributed by atoms with van der Waals surface area (Å²) in [5.41, 5.74) is 2.68. The Morgan fingerprint density at radius 2 is 1.19 bits per heavy atom. The molecule has 0 spiro atoms. The van der Waals surface area contributed by atoms with Gasteiger partial charge in [0, 0.05) is 0 Å². The predicted molar refractivity (Wildman–Crippen MR) is 79.9 cm³/mol. The third kappa shape index (κ3) is 3.50. The van der Waals surface area contributed by atoms with Crippen molar-refractivity contribution in [3.63, 3.8) is 0 Å². The van der Waals surface area contributed by atoms with E-state index in [-0.39, 0.29) is 8.41 Å². The highest BCUT2D eigenvalue weighted by molar-refractivity contribution is 7.55. The molecule has 0 N–H and O–H groups in total. The van der Waals surface area contributed by atoms with E-state index in [4.69, 9.17) is 0 Å². The van der Waals surface area contributed by atoms with Crippen LogP contribution in [0.3, 0.4) is 0 Å². The molecule has 16 heavy (non-hydrogen) atoms. The van der Waals surface area contributed by atoms with Crippen molar-refractivity contribution in [2.75, 3.05) is 0 Å². The second-order valence-corrected chi connectivity index (χ2v) is 5.27. The van der Waals surface area contributed by atoms with Gasteiger partial charge in [-0.2, -0.15) is 0 Å². The van der Waals surface area contributed by atoms with E-state index in [1.165, 1.54) is 21.7 Å². The van der Waals surface area contributed by atoms with E-state index >= 15 is 0 Å². The van der Waals surface area contributed by atoms with Crippen molar-refractivity contribution >= 4 is 27.6 Å². The van der Waals surface area contributed by atoms with Crippen LogP contribution >= 0.6 is 8.58 Å². The van der Waals surface area contributed by atoms with E-state index in [0.29, 0.717) is 0 Å². The zero-order chi connectivity index (χ0) is 10.7. The lowest BCUT2D eigenvalue weighted by Gasteiger charge is -2.04. The minimum absolute atomic E-state index is 0. The van der Waals surface area contributed by atoms with Gasteiger partial charge in [0.1, 0.15) is 0 Å². The third-order valence-corrected chi connectivity index (χ3v) is 3.52. The Labute approximate surface area is 101 Å². The molecule has 2 aromatic carbocycles. The Bertz CT molecular complexity index is 422. The summed E-state index contributed by atoms with van der Waals surface area (Å²) in [6.45, 7) is 4.29. The summed E-state index contributed by atoms with van der Waals surface area (Å²) < 4.78 is 0. The van der Waals surface area contributed by atoms with E-state index in [1.54, 1.807) is 0 Å².